The molecule has 2 aromatic rings. The molecule has 0 spiro atoms. The van der Waals surface area contributed by atoms with Gasteiger partial charge in [0.1, 0.15) is 5.82 Å². The molecule has 1 saturated carbocycles. The number of alkyl halides is 3. The zero-order valence-corrected chi connectivity index (χ0v) is 8.70. The number of nitrogens with two attached hydrogens (primary N) is 1. The summed E-state index contributed by atoms with van der Waals surface area (Å²) in [4.78, 5) is 3.86. The summed E-state index contributed by atoms with van der Waals surface area (Å²) in [7, 11) is 0. The molecule has 17 heavy (non-hydrogen) atoms. The second-order valence-electron chi connectivity index (χ2n) is 4.18. The number of nitrogens with zero attached hydrogens (tertiary/aromatic N) is 3. The number of aromatic nitrogens is 3. The first-order valence-electron chi connectivity index (χ1n) is 5.18. The third-order valence-corrected chi connectivity index (χ3v) is 2.75. The minimum atomic E-state index is -4.48. The summed E-state index contributed by atoms with van der Waals surface area (Å²) < 4.78 is 39.2. The summed E-state index contributed by atoms with van der Waals surface area (Å²) in [6.45, 7) is 0. The smallest absolute Gasteiger partial charge is 0.384 e. The molecule has 1 aliphatic rings. The van der Waals surface area contributed by atoms with Crippen LogP contribution in [0.3, 0.4) is 0 Å². The molecule has 1 fully saturated rings. The number of halogens is 3. The predicted octanol–water partition coefficient (Wildman–Crippen LogP) is 2.21. The van der Waals surface area contributed by atoms with Gasteiger partial charge in [-0.25, -0.2) is 9.50 Å². The van der Waals surface area contributed by atoms with Gasteiger partial charge in [-0.2, -0.15) is 18.3 Å². The van der Waals surface area contributed by atoms with Gasteiger partial charge in [-0.05, 0) is 12.8 Å². The van der Waals surface area contributed by atoms with Crippen molar-refractivity contribution in [2.75, 3.05) is 5.73 Å². The number of nitrogen functional groups attached to an aromatic ring is 1. The lowest BCUT2D eigenvalue weighted by molar-refractivity contribution is -0.142. The molecule has 2 aromatic heterocycles. The van der Waals surface area contributed by atoms with Crippen LogP contribution in [0.4, 0.5) is 19.0 Å². The van der Waals surface area contributed by atoms with Crippen LogP contribution < -0.4 is 5.73 Å². The number of rotatable bonds is 1. The Morgan fingerprint density at radius 1 is 1.29 bits per heavy atom. The summed E-state index contributed by atoms with van der Waals surface area (Å²) >= 11 is 0. The van der Waals surface area contributed by atoms with E-state index in [1.54, 1.807) is 6.07 Å². The lowest BCUT2D eigenvalue weighted by Gasteiger charge is -2.08. The van der Waals surface area contributed by atoms with Crippen LogP contribution in [0.1, 0.15) is 30.1 Å². The molecule has 90 valence electrons. The Bertz CT molecular complexity index is 583. The second kappa shape index (κ2) is 3.12. The Hall–Kier alpha value is -1.79. The van der Waals surface area contributed by atoms with E-state index in [2.05, 4.69) is 10.1 Å². The highest BCUT2D eigenvalue weighted by molar-refractivity contribution is 5.48. The third kappa shape index (κ3) is 1.71. The molecule has 0 aromatic carbocycles. The van der Waals surface area contributed by atoms with E-state index in [0.717, 1.165) is 23.4 Å². The van der Waals surface area contributed by atoms with Crippen molar-refractivity contribution in [3.8, 4) is 0 Å². The van der Waals surface area contributed by atoms with E-state index in [-0.39, 0.29) is 17.4 Å². The topological polar surface area (TPSA) is 56.2 Å². The highest BCUT2D eigenvalue weighted by Crippen LogP contribution is 2.40. The van der Waals surface area contributed by atoms with Crippen LogP contribution in [0, 0.1) is 0 Å². The molecule has 0 bridgehead atoms. The first kappa shape index (κ1) is 10.4. The molecule has 0 amide bonds. The summed E-state index contributed by atoms with van der Waals surface area (Å²) in [5.41, 5.74) is 5.30. The van der Waals surface area contributed by atoms with E-state index in [9.17, 15) is 13.2 Å². The zero-order valence-electron chi connectivity index (χ0n) is 8.70. The number of fused-ring (bicyclic) bond motifs is 1. The normalized spacial score (nSPS) is 16.6. The molecule has 0 saturated heterocycles. The molecular formula is C10H9F3N4. The molecule has 2 heterocycles. The van der Waals surface area contributed by atoms with Gasteiger partial charge in [0, 0.05) is 18.1 Å². The molecule has 0 unspecified atom stereocenters. The summed E-state index contributed by atoms with van der Waals surface area (Å²) in [5, 5.41) is 3.96. The maximum absolute atomic E-state index is 12.8. The van der Waals surface area contributed by atoms with Crippen molar-refractivity contribution in [2.24, 2.45) is 0 Å². The zero-order chi connectivity index (χ0) is 12.2. The van der Waals surface area contributed by atoms with Crippen LogP contribution in [0.5, 0.6) is 0 Å². The maximum atomic E-state index is 12.8. The first-order valence-corrected chi connectivity index (χ1v) is 5.18. The van der Waals surface area contributed by atoms with Crippen LogP contribution in [0.15, 0.2) is 12.1 Å². The monoisotopic (exact) mass is 242 g/mol. The SMILES string of the molecule is Nc1cc(C(F)(F)F)n2nc(C3CC3)cc2n1. The molecule has 4 nitrogen and oxygen atoms in total. The van der Waals surface area contributed by atoms with Crippen LogP contribution in [-0.4, -0.2) is 14.6 Å². The Balaban J connectivity index is 2.25. The molecule has 7 heteroatoms. The average Bonchev–Trinajstić information content (AvgIpc) is 2.96. The standard InChI is InChI=1S/C10H9F3N4/c11-10(12,13)7-4-8(14)15-9-3-6(5-1-2-5)16-17(7)9/h3-5H,1-2H2,(H2,14,15). The molecular weight excluding hydrogens is 233 g/mol. The van der Waals surface area contributed by atoms with Gasteiger partial charge in [0.15, 0.2) is 11.3 Å². The van der Waals surface area contributed by atoms with Crippen molar-refractivity contribution >= 4 is 11.5 Å². The van der Waals surface area contributed by atoms with Crippen LogP contribution in [0.25, 0.3) is 5.65 Å². The van der Waals surface area contributed by atoms with E-state index < -0.39 is 11.9 Å². The van der Waals surface area contributed by atoms with Crippen LogP contribution in [0.2, 0.25) is 0 Å². The van der Waals surface area contributed by atoms with E-state index >= 15 is 0 Å². The molecule has 1 aliphatic carbocycles. The first-order chi connectivity index (χ1) is 7.95. The average molecular weight is 242 g/mol. The quantitative estimate of drug-likeness (QED) is 0.834. The molecule has 0 atom stereocenters. The minimum absolute atomic E-state index is 0.146. The van der Waals surface area contributed by atoms with E-state index in [1.807, 2.05) is 0 Å². The van der Waals surface area contributed by atoms with Crippen molar-refractivity contribution < 1.29 is 13.2 Å². The van der Waals surface area contributed by atoms with Gasteiger partial charge in [0.2, 0.25) is 0 Å². The van der Waals surface area contributed by atoms with Crippen molar-refractivity contribution in [2.45, 2.75) is 24.9 Å². The van der Waals surface area contributed by atoms with Crippen molar-refractivity contribution in [3.05, 3.63) is 23.5 Å². The van der Waals surface area contributed by atoms with Gasteiger partial charge >= 0.3 is 6.18 Å². The van der Waals surface area contributed by atoms with Gasteiger partial charge in [-0.1, -0.05) is 0 Å². The van der Waals surface area contributed by atoms with E-state index in [1.165, 1.54) is 0 Å². The fraction of sp³-hybridized carbons (Fsp3) is 0.400. The maximum Gasteiger partial charge on any atom is 0.433 e. The van der Waals surface area contributed by atoms with Crippen molar-refractivity contribution in [1.29, 1.82) is 0 Å². The Labute approximate surface area is 94.2 Å². The lowest BCUT2D eigenvalue weighted by Crippen LogP contribution is -2.14. The van der Waals surface area contributed by atoms with Gasteiger partial charge < -0.3 is 5.73 Å². The highest BCUT2D eigenvalue weighted by Gasteiger charge is 2.36. The minimum Gasteiger partial charge on any atom is -0.384 e. The van der Waals surface area contributed by atoms with Crippen molar-refractivity contribution in [1.82, 2.24) is 14.6 Å². The molecule has 2 N–H and O–H groups in total. The molecule has 3 rings (SSSR count). The largest absolute Gasteiger partial charge is 0.433 e. The Morgan fingerprint density at radius 3 is 2.59 bits per heavy atom. The van der Waals surface area contributed by atoms with Gasteiger partial charge in [-0.15, -0.1) is 0 Å². The van der Waals surface area contributed by atoms with Crippen LogP contribution in [-0.2, 0) is 6.18 Å². The van der Waals surface area contributed by atoms with E-state index in [0.29, 0.717) is 5.69 Å². The molecule has 0 radical (unpaired) electrons. The second-order valence-corrected chi connectivity index (χ2v) is 4.18. The van der Waals surface area contributed by atoms with E-state index in [4.69, 9.17) is 5.73 Å². The third-order valence-electron chi connectivity index (χ3n) is 2.75. The number of hydrogen-bond donors (Lipinski definition) is 1. The fourth-order valence-electron chi connectivity index (χ4n) is 1.79. The Morgan fingerprint density at radius 2 is 2.00 bits per heavy atom. The number of hydrogen-bond acceptors (Lipinski definition) is 3. The fourth-order valence-corrected chi connectivity index (χ4v) is 1.79. The molecule has 0 aliphatic heterocycles. The predicted molar refractivity (Wildman–Crippen MR) is 54.4 cm³/mol. The number of anilines is 1. The highest BCUT2D eigenvalue weighted by atomic mass is 19.4. The van der Waals surface area contributed by atoms with Crippen molar-refractivity contribution in [3.63, 3.8) is 0 Å². The van der Waals surface area contributed by atoms with Gasteiger partial charge in [0.05, 0.1) is 5.69 Å². The summed E-state index contributed by atoms with van der Waals surface area (Å²) in [6.07, 6.45) is -2.54. The summed E-state index contributed by atoms with van der Waals surface area (Å²) in [6, 6.07) is 2.37. The Kier molecular flexibility index (Phi) is 1.90. The van der Waals surface area contributed by atoms with Gasteiger partial charge in [-0.3, -0.25) is 0 Å². The lowest BCUT2D eigenvalue weighted by atomic mass is 10.3. The van der Waals surface area contributed by atoms with Crippen LogP contribution >= 0.6 is 0 Å². The summed E-state index contributed by atoms with van der Waals surface area (Å²) in [5.74, 6) is 0.131. The van der Waals surface area contributed by atoms with Gasteiger partial charge in [0.25, 0.3) is 0 Å².